The molecule has 198 valence electrons. The van der Waals surface area contributed by atoms with Gasteiger partial charge in [-0.2, -0.15) is 0 Å². The normalized spacial score (nSPS) is 10.3. The van der Waals surface area contributed by atoms with Gasteiger partial charge in [0, 0.05) is 24.5 Å². The van der Waals surface area contributed by atoms with Crippen molar-refractivity contribution in [2.75, 3.05) is 32.5 Å². The standard InChI is InChI=1S/C25H33N3O2S.C5H12/c1-20-11-8-9-14-24(20)22(3)26-18-25(29)28(19-23-12-6-5-7-13-23)15-10-16-31-27-17-21(2)30-4;1-4-5(2)3/h5-9,11-14,26-27H,2-3,10,15-19H2,1,4H3;5H,4H2,1-3H3. The van der Waals surface area contributed by atoms with Crippen molar-refractivity contribution >= 4 is 23.6 Å². The number of rotatable bonds is 15. The average Bonchev–Trinajstić information content (AvgIpc) is 2.89. The molecule has 0 saturated heterocycles. The zero-order valence-corrected chi connectivity index (χ0v) is 23.6. The van der Waals surface area contributed by atoms with Crippen molar-refractivity contribution in [1.82, 2.24) is 14.9 Å². The van der Waals surface area contributed by atoms with Crippen LogP contribution in [0.2, 0.25) is 0 Å². The number of amides is 1. The summed E-state index contributed by atoms with van der Waals surface area (Å²) in [6, 6.07) is 18.1. The predicted octanol–water partition coefficient (Wildman–Crippen LogP) is 6.42. The summed E-state index contributed by atoms with van der Waals surface area (Å²) in [7, 11) is 1.61. The van der Waals surface area contributed by atoms with Crippen LogP contribution in [0.25, 0.3) is 5.70 Å². The zero-order valence-electron chi connectivity index (χ0n) is 22.8. The lowest BCUT2D eigenvalue weighted by Crippen LogP contribution is -2.38. The Morgan fingerprint density at radius 2 is 1.69 bits per heavy atom. The molecule has 0 aliphatic carbocycles. The highest BCUT2D eigenvalue weighted by molar-refractivity contribution is 7.97. The summed E-state index contributed by atoms with van der Waals surface area (Å²) in [6.07, 6.45) is 2.19. The Morgan fingerprint density at radius 3 is 2.31 bits per heavy atom. The maximum absolute atomic E-state index is 13.0. The lowest BCUT2D eigenvalue weighted by molar-refractivity contribution is -0.130. The number of carbonyl (C=O) groups is 1. The zero-order chi connectivity index (χ0) is 26.8. The maximum atomic E-state index is 13.0. The van der Waals surface area contributed by atoms with Crippen molar-refractivity contribution < 1.29 is 9.53 Å². The van der Waals surface area contributed by atoms with Gasteiger partial charge in [-0.3, -0.25) is 9.52 Å². The fourth-order valence-electron chi connectivity index (χ4n) is 3.00. The molecule has 0 spiro atoms. The van der Waals surface area contributed by atoms with E-state index in [2.05, 4.69) is 44.0 Å². The Bertz CT molecular complexity index is 915. The molecule has 0 fully saturated rings. The smallest absolute Gasteiger partial charge is 0.242 e. The van der Waals surface area contributed by atoms with Gasteiger partial charge in [-0.05, 0) is 36.0 Å². The Balaban J connectivity index is 0.00000118. The predicted molar refractivity (Wildman–Crippen MR) is 156 cm³/mol. The van der Waals surface area contributed by atoms with Crippen molar-refractivity contribution in [2.45, 2.75) is 47.1 Å². The Labute approximate surface area is 223 Å². The maximum Gasteiger partial charge on any atom is 0.242 e. The molecule has 0 radical (unpaired) electrons. The number of benzene rings is 2. The number of nitrogens with zero attached hydrogens (tertiary/aromatic N) is 1. The van der Waals surface area contributed by atoms with Crippen molar-refractivity contribution in [3.63, 3.8) is 0 Å². The van der Waals surface area contributed by atoms with Gasteiger partial charge in [0.15, 0.2) is 0 Å². The molecule has 0 heterocycles. The summed E-state index contributed by atoms with van der Waals surface area (Å²) < 4.78 is 8.26. The summed E-state index contributed by atoms with van der Waals surface area (Å²) in [5.74, 6) is 2.53. The van der Waals surface area contributed by atoms with E-state index in [-0.39, 0.29) is 12.5 Å². The Morgan fingerprint density at radius 1 is 1.06 bits per heavy atom. The fraction of sp³-hybridized carbons (Fsp3) is 0.433. The molecule has 2 N–H and O–H groups in total. The van der Waals surface area contributed by atoms with Crippen LogP contribution < -0.4 is 10.0 Å². The minimum atomic E-state index is 0.0595. The topological polar surface area (TPSA) is 53.6 Å². The summed E-state index contributed by atoms with van der Waals surface area (Å²) in [4.78, 5) is 14.9. The van der Waals surface area contributed by atoms with E-state index < -0.39 is 0 Å². The molecule has 0 unspecified atom stereocenters. The molecule has 2 rings (SSSR count). The molecule has 6 heteroatoms. The van der Waals surface area contributed by atoms with E-state index in [4.69, 9.17) is 4.74 Å². The highest BCUT2D eigenvalue weighted by Gasteiger charge is 2.14. The second-order valence-corrected chi connectivity index (χ2v) is 10.0. The third-order valence-corrected chi connectivity index (χ3v) is 6.48. The largest absolute Gasteiger partial charge is 0.500 e. The number of hydrogen-bond donors (Lipinski definition) is 2. The highest BCUT2D eigenvalue weighted by Crippen LogP contribution is 2.14. The van der Waals surface area contributed by atoms with Crippen LogP contribution in [-0.2, 0) is 16.1 Å². The van der Waals surface area contributed by atoms with Crippen LogP contribution in [-0.4, -0.2) is 43.3 Å². The molecule has 2 aromatic carbocycles. The van der Waals surface area contributed by atoms with Gasteiger partial charge in [-0.25, -0.2) is 0 Å². The molecule has 2 aromatic rings. The van der Waals surface area contributed by atoms with Crippen LogP contribution in [0.15, 0.2) is 73.5 Å². The summed E-state index contributed by atoms with van der Waals surface area (Å²) >= 11 is 1.62. The first-order valence-electron chi connectivity index (χ1n) is 12.6. The van der Waals surface area contributed by atoms with Gasteiger partial charge in [0.05, 0.1) is 20.2 Å². The van der Waals surface area contributed by atoms with Gasteiger partial charge >= 0.3 is 0 Å². The van der Waals surface area contributed by atoms with Gasteiger partial charge < -0.3 is 15.0 Å². The third-order valence-electron chi connectivity index (χ3n) is 5.64. The fourth-order valence-corrected chi connectivity index (χ4v) is 3.68. The summed E-state index contributed by atoms with van der Waals surface area (Å²) in [5, 5.41) is 3.21. The first-order chi connectivity index (χ1) is 17.3. The van der Waals surface area contributed by atoms with E-state index in [1.165, 1.54) is 6.42 Å². The van der Waals surface area contributed by atoms with Crippen molar-refractivity contribution in [3.8, 4) is 0 Å². The lowest BCUT2D eigenvalue weighted by atomic mass is 10.1. The lowest BCUT2D eigenvalue weighted by Gasteiger charge is -2.24. The molecular formula is C30H45N3O2S. The SMILES string of the molecule is C=C(CNSCCCN(Cc1ccccc1)C(=O)CNC(=C)c1ccccc1C)OC.CCC(C)C. The number of carbonyl (C=O) groups excluding carboxylic acids is 1. The summed E-state index contributed by atoms with van der Waals surface area (Å²) in [6.45, 7) is 18.7. The second-order valence-electron chi connectivity index (χ2n) is 9.02. The van der Waals surface area contributed by atoms with Gasteiger partial charge in [0.2, 0.25) is 5.91 Å². The van der Waals surface area contributed by atoms with Crippen LogP contribution in [0.5, 0.6) is 0 Å². The van der Waals surface area contributed by atoms with Crippen LogP contribution in [0.1, 0.15) is 50.3 Å². The number of aryl methyl sites for hydroxylation is 1. The van der Waals surface area contributed by atoms with Crippen LogP contribution >= 0.6 is 11.9 Å². The Kier molecular flexibility index (Phi) is 16.1. The highest BCUT2D eigenvalue weighted by atomic mass is 32.2. The second kappa shape index (κ2) is 18.6. The first-order valence-corrected chi connectivity index (χ1v) is 13.6. The molecule has 0 aromatic heterocycles. The van der Waals surface area contributed by atoms with Crippen LogP contribution in [0.4, 0.5) is 0 Å². The number of methoxy groups -OCH3 is 1. The minimum Gasteiger partial charge on any atom is -0.500 e. The van der Waals surface area contributed by atoms with E-state index in [0.29, 0.717) is 25.4 Å². The average molecular weight is 512 g/mol. The van der Waals surface area contributed by atoms with Crippen LogP contribution in [0, 0.1) is 12.8 Å². The monoisotopic (exact) mass is 511 g/mol. The van der Waals surface area contributed by atoms with Gasteiger partial charge in [-0.1, -0.05) is 107 Å². The van der Waals surface area contributed by atoms with E-state index in [0.717, 1.165) is 40.5 Å². The number of hydrogen-bond acceptors (Lipinski definition) is 5. The van der Waals surface area contributed by atoms with Gasteiger partial charge in [0.1, 0.15) is 5.76 Å². The molecule has 0 aliphatic rings. The quantitative estimate of drug-likeness (QED) is 0.164. The summed E-state index contributed by atoms with van der Waals surface area (Å²) in [5.41, 5.74) is 4.05. The molecule has 0 atom stereocenters. The first kappa shape index (κ1) is 31.3. The van der Waals surface area contributed by atoms with E-state index in [9.17, 15) is 4.79 Å². The van der Waals surface area contributed by atoms with E-state index in [1.54, 1.807) is 19.1 Å². The van der Waals surface area contributed by atoms with Crippen molar-refractivity contribution in [2.24, 2.45) is 5.92 Å². The third kappa shape index (κ3) is 13.4. The van der Waals surface area contributed by atoms with E-state index in [1.807, 2.05) is 66.4 Å². The molecule has 36 heavy (non-hydrogen) atoms. The van der Waals surface area contributed by atoms with Crippen molar-refractivity contribution in [1.29, 1.82) is 0 Å². The van der Waals surface area contributed by atoms with Gasteiger partial charge in [-0.15, -0.1) is 0 Å². The molecule has 0 bridgehead atoms. The Hall–Kier alpha value is -2.70. The minimum absolute atomic E-state index is 0.0595. The number of nitrogens with one attached hydrogen (secondary N) is 2. The molecule has 5 nitrogen and oxygen atoms in total. The van der Waals surface area contributed by atoms with E-state index >= 15 is 0 Å². The number of ether oxygens (including phenoxy) is 1. The van der Waals surface area contributed by atoms with Gasteiger partial charge in [0.25, 0.3) is 0 Å². The molecular weight excluding hydrogens is 466 g/mol. The molecule has 0 saturated carbocycles. The molecule has 1 amide bonds. The molecule has 0 aliphatic heterocycles. The van der Waals surface area contributed by atoms with Crippen LogP contribution in [0.3, 0.4) is 0 Å². The van der Waals surface area contributed by atoms with Crippen molar-refractivity contribution in [3.05, 3.63) is 90.2 Å².